The van der Waals surface area contributed by atoms with Crippen LogP contribution >= 0.6 is 12.4 Å². The summed E-state index contributed by atoms with van der Waals surface area (Å²) >= 11 is 0. The van der Waals surface area contributed by atoms with E-state index >= 15 is 0 Å². The quantitative estimate of drug-likeness (QED) is 0.911. The Balaban J connectivity index is 0.00000176. The van der Waals surface area contributed by atoms with Crippen molar-refractivity contribution in [3.8, 4) is 5.75 Å². The van der Waals surface area contributed by atoms with Crippen LogP contribution in [0.1, 0.15) is 13.3 Å². The molecular formula is C16H27ClN4O. The number of ether oxygens (including phenoxy) is 1. The van der Waals surface area contributed by atoms with Crippen molar-refractivity contribution < 1.29 is 4.74 Å². The molecule has 0 bridgehead atoms. The maximum atomic E-state index is 5.28. The van der Waals surface area contributed by atoms with Crippen LogP contribution in [0.2, 0.25) is 0 Å². The van der Waals surface area contributed by atoms with Crippen LogP contribution in [-0.4, -0.2) is 62.8 Å². The summed E-state index contributed by atoms with van der Waals surface area (Å²) < 4.78 is 5.28. The van der Waals surface area contributed by atoms with E-state index in [9.17, 15) is 0 Å². The lowest BCUT2D eigenvalue weighted by atomic mass is 9.89. The van der Waals surface area contributed by atoms with Crippen molar-refractivity contribution in [3.63, 3.8) is 0 Å². The predicted molar refractivity (Wildman–Crippen MR) is 92.3 cm³/mol. The minimum absolute atomic E-state index is 0. The summed E-state index contributed by atoms with van der Waals surface area (Å²) in [5, 5.41) is 3.49. The van der Waals surface area contributed by atoms with Gasteiger partial charge in [0.1, 0.15) is 11.6 Å². The smallest absolute Gasteiger partial charge is 0.132 e. The molecule has 6 heteroatoms. The molecule has 0 amide bonds. The van der Waals surface area contributed by atoms with Gasteiger partial charge in [-0.2, -0.15) is 0 Å². The molecule has 3 heterocycles. The van der Waals surface area contributed by atoms with E-state index in [1.165, 1.54) is 19.5 Å². The van der Waals surface area contributed by atoms with Crippen molar-refractivity contribution in [3.05, 3.63) is 18.3 Å². The lowest BCUT2D eigenvalue weighted by Gasteiger charge is -2.39. The first-order valence-corrected chi connectivity index (χ1v) is 7.87. The largest absolute Gasteiger partial charge is 0.497 e. The Labute approximate surface area is 139 Å². The molecule has 5 nitrogen and oxygen atoms in total. The molecule has 2 saturated heterocycles. The van der Waals surface area contributed by atoms with Crippen LogP contribution in [0.5, 0.6) is 5.75 Å². The molecule has 0 aromatic carbocycles. The Kier molecular flexibility index (Phi) is 5.89. The highest BCUT2D eigenvalue weighted by atomic mass is 35.5. The van der Waals surface area contributed by atoms with Crippen LogP contribution in [0, 0.1) is 5.41 Å². The molecule has 1 N–H and O–H groups in total. The van der Waals surface area contributed by atoms with Crippen molar-refractivity contribution in [2.24, 2.45) is 5.41 Å². The average molecular weight is 327 g/mol. The van der Waals surface area contributed by atoms with E-state index in [0.717, 1.165) is 44.3 Å². The lowest BCUT2D eigenvalue weighted by molar-refractivity contribution is 0.169. The maximum Gasteiger partial charge on any atom is 0.132 e. The molecule has 3 rings (SSSR count). The van der Waals surface area contributed by atoms with Gasteiger partial charge in [-0.25, -0.2) is 4.98 Å². The van der Waals surface area contributed by atoms with Gasteiger partial charge in [-0.15, -0.1) is 12.4 Å². The molecule has 2 fully saturated rings. The summed E-state index contributed by atoms with van der Waals surface area (Å²) in [6, 6.07) is 3.92. The molecule has 1 atom stereocenters. The number of halogens is 1. The van der Waals surface area contributed by atoms with E-state index < -0.39 is 0 Å². The molecule has 124 valence electrons. The number of nitrogens with one attached hydrogen (secondary N) is 1. The third-order valence-electron chi connectivity index (χ3n) is 4.71. The second kappa shape index (κ2) is 7.49. The Hall–Kier alpha value is -1.04. The van der Waals surface area contributed by atoms with Crippen LogP contribution in [-0.2, 0) is 0 Å². The SMILES string of the molecule is COc1ccnc(N2CCN(CC3(C)CCNC3)CC2)c1.Cl. The molecule has 22 heavy (non-hydrogen) atoms. The maximum absolute atomic E-state index is 5.28. The van der Waals surface area contributed by atoms with Crippen LogP contribution < -0.4 is 15.0 Å². The van der Waals surface area contributed by atoms with Gasteiger partial charge in [-0.3, -0.25) is 4.90 Å². The summed E-state index contributed by atoms with van der Waals surface area (Å²) in [6.45, 7) is 10.3. The number of aromatic nitrogens is 1. The van der Waals surface area contributed by atoms with Gasteiger partial charge in [0.05, 0.1) is 7.11 Å². The average Bonchev–Trinajstić information content (AvgIpc) is 2.94. The fourth-order valence-corrected chi connectivity index (χ4v) is 3.38. The van der Waals surface area contributed by atoms with Crippen molar-refractivity contribution in [1.29, 1.82) is 0 Å². The first kappa shape index (κ1) is 17.3. The van der Waals surface area contributed by atoms with Crippen LogP contribution in [0.25, 0.3) is 0 Å². The third-order valence-corrected chi connectivity index (χ3v) is 4.71. The zero-order chi connectivity index (χ0) is 14.7. The summed E-state index contributed by atoms with van der Waals surface area (Å²) in [4.78, 5) is 9.43. The fourth-order valence-electron chi connectivity index (χ4n) is 3.38. The van der Waals surface area contributed by atoms with E-state index in [1.54, 1.807) is 7.11 Å². The summed E-state index contributed by atoms with van der Waals surface area (Å²) in [7, 11) is 1.70. The van der Waals surface area contributed by atoms with E-state index in [4.69, 9.17) is 4.74 Å². The van der Waals surface area contributed by atoms with Crippen molar-refractivity contribution in [2.75, 3.05) is 57.8 Å². The van der Waals surface area contributed by atoms with E-state index in [-0.39, 0.29) is 12.4 Å². The first-order chi connectivity index (χ1) is 10.2. The standard InChI is InChI=1S/C16H26N4O.ClH/c1-16(4-6-17-12-16)13-19-7-9-20(10-8-19)15-11-14(21-2)3-5-18-15;/h3,5,11,17H,4,6-10,12-13H2,1-2H3;1H. The fraction of sp³-hybridized carbons (Fsp3) is 0.688. The van der Waals surface area contributed by atoms with Crippen molar-refractivity contribution >= 4 is 18.2 Å². The van der Waals surface area contributed by atoms with Gasteiger partial charge in [-0.1, -0.05) is 6.92 Å². The van der Waals surface area contributed by atoms with Crippen LogP contribution in [0.4, 0.5) is 5.82 Å². The minimum atomic E-state index is 0. The molecule has 1 aromatic heterocycles. The van der Waals surface area contributed by atoms with E-state index in [2.05, 4.69) is 27.0 Å². The number of methoxy groups -OCH3 is 1. The molecule has 0 spiro atoms. The molecular weight excluding hydrogens is 300 g/mol. The first-order valence-electron chi connectivity index (χ1n) is 7.87. The van der Waals surface area contributed by atoms with Gasteiger partial charge >= 0.3 is 0 Å². The number of hydrogen-bond donors (Lipinski definition) is 1. The van der Waals surface area contributed by atoms with E-state index in [1.807, 2.05) is 18.3 Å². The van der Waals surface area contributed by atoms with E-state index in [0.29, 0.717) is 5.41 Å². The van der Waals surface area contributed by atoms with Crippen LogP contribution in [0.15, 0.2) is 18.3 Å². The molecule has 0 saturated carbocycles. The number of piperazine rings is 1. The number of nitrogens with zero attached hydrogens (tertiary/aromatic N) is 3. The van der Waals surface area contributed by atoms with Gasteiger partial charge in [0.15, 0.2) is 0 Å². The molecule has 1 unspecified atom stereocenters. The van der Waals surface area contributed by atoms with Gasteiger partial charge in [-0.05, 0) is 24.4 Å². The third kappa shape index (κ3) is 4.03. The monoisotopic (exact) mass is 326 g/mol. The number of hydrogen-bond acceptors (Lipinski definition) is 5. The second-order valence-electron chi connectivity index (χ2n) is 6.55. The Bertz CT molecular complexity index is 471. The highest BCUT2D eigenvalue weighted by molar-refractivity contribution is 5.85. The predicted octanol–water partition coefficient (Wildman–Crippen LogP) is 1.63. The highest BCUT2D eigenvalue weighted by Crippen LogP contribution is 2.26. The minimum Gasteiger partial charge on any atom is -0.497 e. The Morgan fingerprint density at radius 1 is 1.32 bits per heavy atom. The number of anilines is 1. The lowest BCUT2D eigenvalue weighted by Crippen LogP contribution is -2.50. The number of rotatable bonds is 4. The molecule has 2 aliphatic heterocycles. The zero-order valence-corrected chi connectivity index (χ0v) is 14.4. The van der Waals surface area contributed by atoms with Gasteiger partial charge in [0.2, 0.25) is 0 Å². The second-order valence-corrected chi connectivity index (χ2v) is 6.55. The molecule has 2 aliphatic rings. The van der Waals surface area contributed by atoms with Crippen molar-refractivity contribution in [1.82, 2.24) is 15.2 Å². The van der Waals surface area contributed by atoms with Gasteiger partial charge in [0, 0.05) is 51.5 Å². The van der Waals surface area contributed by atoms with Crippen LogP contribution in [0.3, 0.4) is 0 Å². The molecule has 0 radical (unpaired) electrons. The molecule has 0 aliphatic carbocycles. The van der Waals surface area contributed by atoms with Gasteiger partial charge in [0.25, 0.3) is 0 Å². The zero-order valence-electron chi connectivity index (χ0n) is 13.5. The normalized spacial score (nSPS) is 25.8. The topological polar surface area (TPSA) is 40.6 Å². The summed E-state index contributed by atoms with van der Waals surface area (Å²) in [6.07, 6.45) is 3.12. The van der Waals surface area contributed by atoms with Crippen molar-refractivity contribution in [2.45, 2.75) is 13.3 Å². The number of pyridine rings is 1. The Morgan fingerprint density at radius 3 is 2.73 bits per heavy atom. The summed E-state index contributed by atoms with van der Waals surface area (Å²) in [5.41, 5.74) is 0.455. The highest BCUT2D eigenvalue weighted by Gasteiger charge is 2.31. The Morgan fingerprint density at radius 2 is 2.09 bits per heavy atom. The van der Waals surface area contributed by atoms with Gasteiger partial charge < -0.3 is 15.0 Å². The molecule has 1 aromatic rings. The summed E-state index contributed by atoms with van der Waals surface area (Å²) in [5.74, 6) is 1.91.